The standard InChI is InChI=1S/C14H13N/c1-11(12-7-3-2-4-8-12)13-9-5-6-10-14(13)15/h2-10H,1,15H2/i9D. The summed E-state index contributed by atoms with van der Waals surface area (Å²) in [4.78, 5) is 0. The molecule has 0 atom stereocenters. The van der Waals surface area contributed by atoms with Crippen molar-refractivity contribution >= 4 is 11.3 Å². The minimum Gasteiger partial charge on any atom is -0.398 e. The topological polar surface area (TPSA) is 26.0 Å². The van der Waals surface area contributed by atoms with Crippen LogP contribution in [0.4, 0.5) is 5.69 Å². The number of para-hydroxylation sites is 1. The van der Waals surface area contributed by atoms with Gasteiger partial charge in [0.2, 0.25) is 0 Å². The molecule has 1 heteroatoms. The van der Waals surface area contributed by atoms with Crippen LogP contribution in [0.25, 0.3) is 5.57 Å². The zero-order valence-corrected chi connectivity index (χ0v) is 8.40. The van der Waals surface area contributed by atoms with E-state index in [-0.39, 0.29) is 0 Å². The summed E-state index contributed by atoms with van der Waals surface area (Å²) in [6, 6.07) is 15.5. The molecule has 2 aromatic carbocycles. The lowest BCUT2D eigenvalue weighted by molar-refractivity contribution is 1.55. The van der Waals surface area contributed by atoms with E-state index in [1.165, 1.54) is 0 Å². The Bertz CT molecular complexity index is 497. The Morgan fingerprint density at radius 3 is 2.40 bits per heavy atom. The van der Waals surface area contributed by atoms with Gasteiger partial charge < -0.3 is 5.73 Å². The van der Waals surface area contributed by atoms with E-state index in [1.807, 2.05) is 30.3 Å². The van der Waals surface area contributed by atoms with Gasteiger partial charge in [-0.3, -0.25) is 0 Å². The Morgan fingerprint density at radius 2 is 1.73 bits per heavy atom. The van der Waals surface area contributed by atoms with E-state index in [4.69, 9.17) is 7.10 Å². The summed E-state index contributed by atoms with van der Waals surface area (Å²) in [6.45, 7) is 4.02. The van der Waals surface area contributed by atoms with Gasteiger partial charge in [0, 0.05) is 11.3 Å². The summed E-state index contributed by atoms with van der Waals surface area (Å²) in [5.74, 6) is 0. The maximum atomic E-state index is 7.85. The number of hydrogen-bond donors (Lipinski definition) is 1. The summed E-state index contributed by atoms with van der Waals surface area (Å²) in [5.41, 5.74) is 8.98. The van der Waals surface area contributed by atoms with E-state index in [2.05, 4.69) is 6.58 Å². The highest BCUT2D eigenvalue weighted by Gasteiger charge is 2.03. The minimum atomic E-state index is 0.411. The molecule has 0 aliphatic rings. The fourth-order valence-corrected chi connectivity index (χ4v) is 1.49. The van der Waals surface area contributed by atoms with Crippen LogP contribution in [0.15, 0.2) is 61.2 Å². The van der Waals surface area contributed by atoms with Crippen molar-refractivity contribution in [1.29, 1.82) is 0 Å². The predicted molar refractivity (Wildman–Crippen MR) is 65.4 cm³/mol. The molecule has 0 spiro atoms. The van der Waals surface area contributed by atoms with Crippen LogP contribution in [-0.4, -0.2) is 0 Å². The molecule has 0 aliphatic heterocycles. The van der Waals surface area contributed by atoms with Crippen LogP contribution in [0.3, 0.4) is 0 Å². The molecule has 0 aliphatic carbocycles. The van der Waals surface area contributed by atoms with Crippen molar-refractivity contribution in [2.75, 3.05) is 5.73 Å². The summed E-state index contributed by atoms with van der Waals surface area (Å²) in [6.07, 6.45) is 0. The predicted octanol–water partition coefficient (Wildman–Crippen LogP) is 3.33. The van der Waals surface area contributed by atoms with E-state index >= 15 is 0 Å². The second-order valence-corrected chi connectivity index (χ2v) is 3.35. The molecule has 2 N–H and O–H groups in total. The lowest BCUT2D eigenvalue weighted by Gasteiger charge is -2.08. The number of hydrogen-bond acceptors (Lipinski definition) is 1. The van der Waals surface area contributed by atoms with Crippen LogP contribution < -0.4 is 5.73 Å². The number of benzene rings is 2. The fraction of sp³-hybridized carbons (Fsp3) is 0. The fourth-order valence-electron chi connectivity index (χ4n) is 1.49. The molecule has 1 nitrogen and oxygen atoms in total. The van der Waals surface area contributed by atoms with Crippen LogP contribution in [0.5, 0.6) is 0 Å². The smallest absolute Gasteiger partial charge is 0.0630 e. The lowest BCUT2D eigenvalue weighted by atomic mass is 9.98. The Kier molecular flexibility index (Phi) is 2.22. The molecule has 0 aromatic heterocycles. The van der Waals surface area contributed by atoms with E-state index in [9.17, 15) is 0 Å². The van der Waals surface area contributed by atoms with Crippen molar-refractivity contribution in [3.8, 4) is 0 Å². The normalized spacial score (nSPS) is 10.8. The van der Waals surface area contributed by atoms with Gasteiger partial charge in [-0.15, -0.1) is 0 Å². The highest BCUT2D eigenvalue weighted by Crippen LogP contribution is 2.25. The molecule has 2 rings (SSSR count). The van der Waals surface area contributed by atoms with Crippen molar-refractivity contribution in [1.82, 2.24) is 0 Å². The lowest BCUT2D eigenvalue weighted by Crippen LogP contribution is -1.93. The van der Waals surface area contributed by atoms with Crippen LogP contribution >= 0.6 is 0 Å². The zero-order valence-electron chi connectivity index (χ0n) is 9.40. The van der Waals surface area contributed by atoms with E-state index in [1.54, 1.807) is 18.2 Å². The van der Waals surface area contributed by atoms with E-state index in [0.29, 0.717) is 17.3 Å². The highest BCUT2D eigenvalue weighted by atomic mass is 14.6. The SMILES string of the molecule is [2H]c1cccc(N)c1C(=C)c1ccccc1. The molecule has 0 radical (unpaired) electrons. The molecule has 0 amide bonds. The monoisotopic (exact) mass is 196 g/mol. The van der Waals surface area contributed by atoms with Gasteiger partial charge in [-0.25, -0.2) is 0 Å². The number of anilines is 1. The highest BCUT2D eigenvalue weighted by molar-refractivity contribution is 5.83. The largest absolute Gasteiger partial charge is 0.398 e. The molecule has 0 heterocycles. The van der Waals surface area contributed by atoms with Gasteiger partial charge in [0.25, 0.3) is 0 Å². The molecule has 0 saturated heterocycles. The third-order valence-electron chi connectivity index (χ3n) is 2.31. The van der Waals surface area contributed by atoms with Crippen LogP contribution in [0, 0.1) is 0 Å². The van der Waals surface area contributed by atoms with Gasteiger partial charge in [0.1, 0.15) is 0 Å². The van der Waals surface area contributed by atoms with Gasteiger partial charge in [-0.1, -0.05) is 55.1 Å². The first-order valence-electron chi connectivity index (χ1n) is 5.30. The molecule has 74 valence electrons. The molecule has 2 aromatic rings. The van der Waals surface area contributed by atoms with Gasteiger partial charge in [-0.05, 0) is 17.2 Å². The van der Waals surface area contributed by atoms with Gasteiger partial charge in [-0.2, -0.15) is 0 Å². The second kappa shape index (κ2) is 4.01. The minimum absolute atomic E-state index is 0.411. The molecule has 0 saturated carbocycles. The summed E-state index contributed by atoms with van der Waals surface area (Å²) in [5, 5.41) is 0. The first-order valence-corrected chi connectivity index (χ1v) is 4.80. The number of nitrogen functional groups attached to an aromatic ring is 1. The Morgan fingerprint density at radius 1 is 1.07 bits per heavy atom. The number of rotatable bonds is 2. The molecule has 0 unspecified atom stereocenters. The van der Waals surface area contributed by atoms with Crippen molar-refractivity contribution in [2.24, 2.45) is 0 Å². The van der Waals surface area contributed by atoms with Crippen molar-refractivity contribution in [3.63, 3.8) is 0 Å². The number of nitrogens with two attached hydrogens (primary N) is 1. The second-order valence-electron chi connectivity index (χ2n) is 3.35. The summed E-state index contributed by atoms with van der Waals surface area (Å²) < 4.78 is 7.85. The van der Waals surface area contributed by atoms with E-state index in [0.717, 1.165) is 11.1 Å². The third-order valence-corrected chi connectivity index (χ3v) is 2.31. The van der Waals surface area contributed by atoms with Gasteiger partial charge in [0.15, 0.2) is 0 Å². The van der Waals surface area contributed by atoms with E-state index < -0.39 is 0 Å². The van der Waals surface area contributed by atoms with Gasteiger partial charge >= 0.3 is 0 Å². The molecular formula is C14H13N. The Balaban J connectivity index is 2.50. The average molecular weight is 196 g/mol. The Hall–Kier alpha value is -2.02. The van der Waals surface area contributed by atoms with Crippen LogP contribution in [-0.2, 0) is 0 Å². The van der Waals surface area contributed by atoms with Crippen molar-refractivity contribution in [3.05, 3.63) is 72.3 Å². The first-order chi connectivity index (χ1) is 7.70. The maximum Gasteiger partial charge on any atom is 0.0630 e. The maximum absolute atomic E-state index is 7.85. The quantitative estimate of drug-likeness (QED) is 0.732. The zero-order chi connectivity index (χ0) is 11.5. The molecular weight excluding hydrogens is 182 g/mol. The molecule has 0 fully saturated rings. The van der Waals surface area contributed by atoms with Crippen molar-refractivity contribution < 1.29 is 1.37 Å². The first kappa shape index (κ1) is 8.30. The van der Waals surface area contributed by atoms with Gasteiger partial charge in [0.05, 0.1) is 1.37 Å². The van der Waals surface area contributed by atoms with Crippen LogP contribution in [0.2, 0.25) is 0 Å². The van der Waals surface area contributed by atoms with Crippen molar-refractivity contribution in [2.45, 2.75) is 0 Å². The molecule has 0 bridgehead atoms. The molecule has 15 heavy (non-hydrogen) atoms. The third kappa shape index (κ3) is 1.91. The summed E-state index contributed by atoms with van der Waals surface area (Å²) >= 11 is 0. The average Bonchev–Trinajstić information content (AvgIpc) is 2.30. The van der Waals surface area contributed by atoms with Crippen LogP contribution in [0.1, 0.15) is 12.5 Å². The summed E-state index contributed by atoms with van der Waals surface area (Å²) in [7, 11) is 0. The Labute approximate surface area is 91.3 Å².